The molecule has 0 aliphatic carbocycles. The number of hydrogen-bond acceptors (Lipinski definition) is 3. The van der Waals surface area contributed by atoms with Gasteiger partial charge in [-0.25, -0.2) is 0 Å². The molecule has 2 aliphatic rings. The first-order valence-corrected chi connectivity index (χ1v) is 8.51. The molecule has 2 saturated heterocycles. The monoisotopic (exact) mass is 325 g/mol. The number of aromatic amines is 1. The molecule has 1 atom stereocenters. The van der Waals surface area contributed by atoms with E-state index in [1.165, 1.54) is 28.4 Å². The number of likely N-dealkylation sites (N-methyl/N-ethyl adjacent to an activating group) is 1. The average Bonchev–Trinajstić information content (AvgIpc) is 3.21. The van der Waals surface area contributed by atoms with Crippen LogP contribution in [0.25, 0.3) is 10.9 Å². The van der Waals surface area contributed by atoms with Crippen LogP contribution in [0.4, 0.5) is 5.69 Å². The van der Waals surface area contributed by atoms with Crippen LogP contribution in [-0.4, -0.2) is 55.2 Å². The van der Waals surface area contributed by atoms with Crippen LogP contribution < -0.4 is 4.90 Å². The van der Waals surface area contributed by atoms with Crippen molar-refractivity contribution in [1.29, 1.82) is 0 Å². The Morgan fingerprint density at radius 3 is 3.00 bits per heavy atom. The highest BCUT2D eigenvalue weighted by atomic mass is 16.5. The zero-order valence-electron chi connectivity index (χ0n) is 14.0. The fourth-order valence-corrected chi connectivity index (χ4v) is 3.67. The molecule has 3 heterocycles. The minimum atomic E-state index is 0.0167. The van der Waals surface area contributed by atoms with Crippen LogP contribution in [-0.2, 0) is 9.53 Å². The maximum absolute atomic E-state index is 11.6. The second kappa shape index (κ2) is 5.98. The number of carbonyl (C=O) groups is 1. The highest BCUT2D eigenvalue weighted by Gasteiger charge is 2.33. The predicted octanol–water partition coefficient (Wildman–Crippen LogP) is 2.50. The van der Waals surface area contributed by atoms with Gasteiger partial charge in [0.15, 0.2) is 0 Å². The van der Waals surface area contributed by atoms with Gasteiger partial charge in [0.2, 0.25) is 5.91 Å². The first-order valence-electron chi connectivity index (χ1n) is 8.51. The summed E-state index contributed by atoms with van der Waals surface area (Å²) < 4.78 is 5.52. The second-order valence-corrected chi connectivity index (χ2v) is 6.74. The van der Waals surface area contributed by atoms with E-state index in [2.05, 4.69) is 47.8 Å². The number of nitrogens with one attached hydrogen (secondary N) is 1. The molecule has 1 amide bonds. The van der Waals surface area contributed by atoms with Crippen molar-refractivity contribution in [1.82, 2.24) is 9.88 Å². The van der Waals surface area contributed by atoms with Crippen LogP contribution in [0.1, 0.15) is 18.0 Å². The molecule has 0 saturated carbocycles. The molecule has 0 spiro atoms. The molecule has 2 aromatic rings. The lowest BCUT2D eigenvalue weighted by Gasteiger charge is -2.44. The quantitative estimate of drug-likeness (QED) is 0.879. The lowest BCUT2D eigenvalue weighted by atomic mass is 10.0. The molecule has 5 heteroatoms. The maximum atomic E-state index is 11.6. The molecule has 2 aliphatic heterocycles. The molecule has 4 rings (SSSR count). The summed E-state index contributed by atoms with van der Waals surface area (Å²) in [4.78, 5) is 19.3. The Hall–Kier alpha value is -2.27. The summed E-state index contributed by atoms with van der Waals surface area (Å²) in [7, 11) is 2.11. The zero-order valence-corrected chi connectivity index (χ0v) is 14.0. The summed E-state index contributed by atoms with van der Waals surface area (Å²) in [5.74, 6) is 0.489. The van der Waals surface area contributed by atoms with Gasteiger partial charge in [-0.15, -0.1) is 0 Å². The number of aromatic nitrogens is 1. The molecule has 2 fully saturated rings. The number of hydrogen-bond donors (Lipinski definition) is 1. The first kappa shape index (κ1) is 15.3. The summed E-state index contributed by atoms with van der Waals surface area (Å²) in [6.45, 7) is 6.72. The fourth-order valence-electron chi connectivity index (χ4n) is 3.67. The van der Waals surface area contributed by atoms with Crippen molar-refractivity contribution in [3.63, 3.8) is 0 Å². The van der Waals surface area contributed by atoms with E-state index < -0.39 is 0 Å². The molecule has 1 aromatic heterocycles. The molecule has 126 valence electrons. The number of nitrogens with zero attached hydrogens (tertiary/aromatic N) is 2. The summed E-state index contributed by atoms with van der Waals surface area (Å²) in [5, 5.41) is 1.25. The molecule has 5 nitrogen and oxygen atoms in total. The minimum absolute atomic E-state index is 0.0167. The zero-order chi connectivity index (χ0) is 16.7. The van der Waals surface area contributed by atoms with E-state index in [9.17, 15) is 4.79 Å². The van der Waals surface area contributed by atoms with Crippen LogP contribution in [0.3, 0.4) is 0 Å². The summed E-state index contributed by atoms with van der Waals surface area (Å²) in [5.41, 5.74) is 3.64. The highest BCUT2D eigenvalue weighted by Crippen LogP contribution is 2.33. The molecule has 0 unspecified atom stereocenters. The average molecular weight is 325 g/mol. The number of likely N-dealkylation sites (tertiary alicyclic amines) is 1. The third kappa shape index (κ3) is 2.49. The summed E-state index contributed by atoms with van der Waals surface area (Å²) in [6.07, 6.45) is 2.47. The topological polar surface area (TPSA) is 48.6 Å². The van der Waals surface area contributed by atoms with Crippen molar-refractivity contribution in [2.75, 3.05) is 38.3 Å². The molecule has 1 aromatic carbocycles. The van der Waals surface area contributed by atoms with Gasteiger partial charge in [0.1, 0.15) is 0 Å². The van der Waals surface area contributed by atoms with E-state index in [1.54, 1.807) is 0 Å². The number of benzene rings is 1. The lowest BCUT2D eigenvalue weighted by molar-refractivity contribution is -0.130. The number of ether oxygens (including phenoxy) is 1. The Balaban J connectivity index is 1.57. The van der Waals surface area contributed by atoms with Crippen molar-refractivity contribution in [3.05, 3.63) is 42.6 Å². The van der Waals surface area contributed by atoms with Crippen molar-refractivity contribution >= 4 is 22.5 Å². The Kier molecular flexibility index (Phi) is 3.81. The van der Waals surface area contributed by atoms with Gasteiger partial charge in [-0.1, -0.05) is 12.6 Å². The van der Waals surface area contributed by atoms with E-state index in [4.69, 9.17) is 4.74 Å². The number of amides is 1. The Labute approximate surface area is 141 Å². The Morgan fingerprint density at radius 2 is 2.29 bits per heavy atom. The number of H-pyrrole nitrogens is 1. The molecule has 0 radical (unpaired) electrons. The third-order valence-corrected chi connectivity index (χ3v) is 5.31. The molecular formula is C19H23N3O2. The molecule has 24 heavy (non-hydrogen) atoms. The predicted molar refractivity (Wildman–Crippen MR) is 95.4 cm³/mol. The standard InChI is InChI=1S/C19H23N3O2/c1-3-19(23)22-10-14(11-22)21(2)18-6-4-5-16-15(18)9-17(20-16)13-7-8-24-12-13/h3-6,9,13-14,20H,1,7-8,10-12H2,2H3/t13-/m0/s1. The third-order valence-electron chi connectivity index (χ3n) is 5.31. The van der Waals surface area contributed by atoms with Gasteiger partial charge in [0.05, 0.1) is 12.6 Å². The van der Waals surface area contributed by atoms with Gasteiger partial charge in [0, 0.05) is 54.9 Å². The number of carbonyl (C=O) groups excluding carboxylic acids is 1. The smallest absolute Gasteiger partial charge is 0.246 e. The van der Waals surface area contributed by atoms with E-state index in [1.807, 2.05) is 4.90 Å². The second-order valence-electron chi connectivity index (χ2n) is 6.74. The van der Waals surface area contributed by atoms with Gasteiger partial charge >= 0.3 is 0 Å². The van der Waals surface area contributed by atoms with Gasteiger partial charge in [0.25, 0.3) is 0 Å². The van der Waals surface area contributed by atoms with Crippen LogP contribution >= 0.6 is 0 Å². The van der Waals surface area contributed by atoms with Gasteiger partial charge in [-0.05, 0) is 30.7 Å². The van der Waals surface area contributed by atoms with Crippen molar-refractivity contribution in [2.45, 2.75) is 18.4 Å². The van der Waals surface area contributed by atoms with E-state index in [0.717, 1.165) is 32.7 Å². The SMILES string of the molecule is C=CC(=O)N1CC(N(C)c2cccc3[nH]c([C@H]4CCOC4)cc23)C1. The van der Waals surface area contributed by atoms with Crippen LogP contribution in [0.5, 0.6) is 0 Å². The lowest BCUT2D eigenvalue weighted by Crippen LogP contribution is -2.60. The summed E-state index contributed by atoms with van der Waals surface area (Å²) >= 11 is 0. The van der Waals surface area contributed by atoms with E-state index in [-0.39, 0.29) is 5.91 Å². The molecule has 0 bridgehead atoms. The molecule has 1 N–H and O–H groups in total. The van der Waals surface area contributed by atoms with Gasteiger partial charge in [-0.2, -0.15) is 0 Å². The van der Waals surface area contributed by atoms with Crippen molar-refractivity contribution in [3.8, 4) is 0 Å². The summed E-state index contributed by atoms with van der Waals surface area (Å²) in [6, 6.07) is 8.99. The number of fused-ring (bicyclic) bond motifs is 1. The highest BCUT2D eigenvalue weighted by molar-refractivity contribution is 5.93. The normalized spacial score (nSPS) is 21.0. The molecular weight excluding hydrogens is 302 g/mol. The minimum Gasteiger partial charge on any atom is -0.381 e. The van der Waals surface area contributed by atoms with Crippen LogP contribution in [0, 0.1) is 0 Å². The van der Waals surface area contributed by atoms with Crippen molar-refractivity contribution < 1.29 is 9.53 Å². The van der Waals surface area contributed by atoms with Crippen LogP contribution in [0.2, 0.25) is 0 Å². The largest absolute Gasteiger partial charge is 0.381 e. The maximum Gasteiger partial charge on any atom is 0.246 e. The van der Waals surface area contributed by atoms with E-state index in [0.29, 0.717) is 12.0 Å². The fraction of sp³-hybridized carbons (Fsp3) is 0.421. The van der Waals surface area contributed by atoms with E-state index >= 15 is 0 Å². The van der Waals surface area contributed by atoms with Crippen LogP contribution in [0.15, 0.2) is 36.9 Å². The number of anilines is 1. The van der Waals surface area contributed by atoms with Gasteiger partial charge < -0.3 is 19.5 Å². The Bertz CT molecular complexity index is 770. The van der Waals surface area contributed by atoms with Gasteiger partial charge in [-0.3, -0.25) is 4.79 Å². The Morgan fingerprint density at radius 1 is 1.46 bits per heavy atom. The first-order chi connectivity index (χ1) is 11.7. The number of rotatable bonds is 4. The van der Waals surface area contributed by atoms with Crippen molar-refractivity contribution in [2.24, 2.45) is 0 Å².